The number of nitrogens with one attached hydrogen (secondary N) is 2. The monoisotopic (exact) mass is 269 g/mol. The third-order valence-electron chi connectivity index (χ3n) is 3.35. The lowest BCUT2D eigenvalue weighted by Crippen LogP contribution is -2.46. The maximum atomic E-state index is 11.9. The lowest BCUT2D eigenvalue weighted by molar-refractivity contribution is -0.125. The Morgan fingerprint density at radius 2 is 1.63 bits per heavy atom. The molecular weight excluding hydrogens is 242 g/mol. The van der Waals surface area contributed by atoms with Gasteiger partial charge in [0, 0.05) is 12.1 Å². The molecule has 1 saturated carbocycles. The van der Waals surface area contributed by atoms with Gasteiger partial charge in [0.05, 0.1) is 13.1 Å². The van der Waals surface area contributed by atoms with Crippen LogP contribution in [0.1, 0.15) is 40.5 Å². The van der Waals surface area contributed by atoms with E-state index < -0.39 is 0 Å². The van der Waals surface area contributed by atoms with E-state index in [9.17, 15) is 9.59 Å². The van der Waals surface area contributed by atoms with Crippen LogP contribution in [-0.2, 0) is 9.59 Å². The fraction of sp³-hybridized carbons (Fsp3) is 0.857. The van der Waals surface area contributed by atoms with Crippen LogP contribution < -0.4 is 10.6 Å². The molecule has 5 heteroatoms. The quantitative estimate of drug-likeness (QED) is 0.683. The second-order valence-electron chi connectivity index (χ2n) is 5.72. The Morgan fingerprint density at radius 3 is 2.05 bits per heavy atom. The highest BCUT2D eigenvalue weighted by molar-refractivity contribution is 5.81. The average Bonchev–Trinajstić information content (AvgIpc) is 3.10. The Kier molecular flexibility index (Phi) is 6.28. The van der Waals surface area contributed by atoms with E-state index in [0.29, 0.717) is 19.0 Å². The van der Waals surface area contributed by atoms with Crippen LogP contribution in [0.15, 0.2) is 0 Å². The third kappa shape index (κ3) is 6.57. The Labute approximate surface area is 116 Å². The summed E-state index contributed by atoms with van der Waals surface area (Å²) in [5.74, 6) is 0.641. The van der Waals surface area contributed by atoms with Crippen molar-refractivity contribution in [2.24, 2.45) is 5.92 Å². The van der Waals surface area contributed by atoms with E-state index in [4.69, 9.17) is 0 Å². The van der Waals surface area contributed by atoms with Gasteiger partial charge in [0.1, 0.15) is 0 Å². The number of likely N-dealkylation sites (N-methyl/N-ethyl adjacent to an activating group) is 1. The zero-order valence-electron chi connectivity index (χ0n) is 12.5. The van der Waals surface area contributed by atoms with Crippen molar-refractivity contribution < 1.29 is 9.59 Å². The van der Waals surface area contributed by atoms with E-state index in [2.05, 4.69) is 17.6 Å². The zero-order chi connectivity index (χ0) is 14.4. The molecule has 19 heavy (non-hydrogen) atoms. The summed E-state index contributed by atoms with van der Waals surface area (Å²) in [6, 6.07) is 0.394. The second kappa shape index (κ2) is 7.48. The molecule has 2 amide bonds. The van der Waals surface area contributed by atoms with Gasteiger partial charge in [-0.1, -0.05) is 6.92 Å². The molecule has 0 spiro atoms. The van der Waals surface area contributed by atoms with E-state index in [1.807, 2.05) is 25.7 Å². The minimum Gasteiger partial charge on any atom is -0.353 e. The van der Waals surface area contributed by atoms with Crippen LogP contribution in [-0.4, -0.2) is 48.4 Å². The van der Waals surface area contributed by atoms with Gasteiger partial charge >= 0.3 is 0 Å². The third-order valence-corrected chi connectivity index (χ3v) is 3.35. The molecule has 1 unspecified atom stereocenters. The van der Waals surface area contributed by atoms with Gasteiger partial charge in [-0.3, -0.25) is 14.5 Å². The van der Waals surface area contributed by atoms with Crippen LogP contribution in [0.25, 0.3) is 0 Å². The molecule has 2 N–H and O–H groups in total. The van der Waals surface area contributed by atoms with Gasteiger partial charge in [-0.05, 0) is 46.1 Å². The van der Waals surface area contributed by atoms with Crippen LogP contribution in [0.5, 0.6) is 0 Å². The number of hydrogen-bond donors (Lipinski definition) is 2. The van der Waals surface area contributed by atoms with E-state index >= 15 is 0 Å². The first-order chi connectivity index (χ1) is 8.92. The van der Waals surface area contributed by atoms with Gasteiger partial charge < -0.3 is 10.6 Å². The van der Waals surface area contributed by atoms with Crippen molar-refractivity contribution in [1.82, 2.24) is 15.5 Å². The predicted octanol–water partition coefficient (Wildman–Crippen LogP) is 0.748. The van der Waals surface area contributed by atoms with Gasteiger partial charge in [-0.2, -0.15) is 0 Å². The lowest BCUT2D eigenvalue weighted by Gasteiger charge is -2.21. The number of hydrogen-bond acceptors (Lipinski definition) is 3. The summed E-state index contributed by atoms with van der Waals surface area (Å²) < 4.78 is 0. The van der Waals surface area contributed by atoms with E-state index in [0.717, 1.165) is 0 Å². The van der Waals surface area contributed by atoms with Crippen molar-refractivity contribution >= 4 is 11.8 Å². The minimum atomic E-state index is -0.0279. The molecule has 1 aliphatic carbocycles. The van der Waals surface area contributed by atoms with Crippen LogP contribution in [0.2, 0.25) is 0 Å². The molecule has 0 saturated heterocycles. The van der Waals surface area contributed by atoms with Gasteiger partial charge in [0.25, 0.3) is 0 Å². The second-order valence-corrected chi connectivity index (χ2v) is 5.72. The molecule has 0 aromatic carbocycles. The fourth-order valence-corrected chi connectivity index (χ4v) is 2.07. The Bertz CT molecular complexity index is 314. The van der Waals surface area contributed by atoms with Crippen molar-refractivity contribution in [1.29, 1.82) is 0 Å². The number of rotatable bonds is 8. The minimum absolute atomic E-state index is 0.0126. The van der Waals surface area contributed by atoms with Crippen molar-refractivity contribution in [3.05, 3.63) is 0 Å². The maximum absolute atomic E-state index is 11.9. The van der Waals surface area contributed by atoms with Gasteiger partial charge in [0.2, 0.25) is 11.8 Å². The summed E-state index contributed by atoms with van der Waals surface area (Å²) in [5.41, 5.74) is 0. The summed E-state index contributed by atoms with van der Waals surface area (Å²) in [6.07, 6.45) is 2.44. The number of carbonyl (C=O) groups excluding carboxylic acids is 2. The van der Waals surface area contributed by atoms with E-state index in [1.165, 1.54) is 12.8 Å². The molecule has 0 bridgehead atoms. The molecule has 1 fully saturated rings. The first-order valence-electron chi connectivity index (χ1n) is 7.23. The molecule has 0 heterocycles. The number of amides is 2. The van der Waals surface area contributed by atoms with Crippen LogP contribution in [0, 0.1) is 5.92 Å². The first-order valence-corrected chi connectivity index (χ1v) is 7.23. The largest absolute Gasteiger partial charge is 0.353 e. The summed E-state index contributed by atoms with van der Waals surface area (Å²) >= 11 is 0. The normalized spacial score (nSPS) is 16.5. The van der Waals surface area contributed by atoms with Crippen LogP contribution in [0.4, 0.5) is 0 Å². The standard InChI is InChI=1S/C14H27N3O2/c1-5-17(8-13(18)15-10(2)3)9-14(19)16-11(4)12-6-7-12/h10-12H,5-9H2,1-4H3,(H,15,18)(H,16,19). The van der Waals surface area contributed by atoms with E-state index in [-0.39, 0.29) is 30.4 Å². The summed E-state index contributed by atoms with van der Waals surface area (Å²) in [5, 5.41) is 5.85. The number of carbonyl (C=O) groups is 2. The first kappa shape index (κ1) is 16.0. The molecule has 0 aromatic rings. The zero-order valence-corrected chi connectivity index (χ0v) is 12.5. The predicted molar refractivity (Wildman–Crippen MR) is 75.7 cm³/mol. The molecule has 0 radical (unpaired) electrons. The molecule has 1 atom stereocenters. The summed E-state index contributed by atoms with van der Waals surface area (Å²) in [4.78, 5) is 25.4. The molecule has 1 rings (SSSR count). The fourth-order valence-electron chi connectivity index (χ4n) is 2.07. The molecule has 1 aliphatic rings. The highest BCUT2D eigenvalue weighted by Crippen LogP contribution is 2.32. The highest BCUT2D eigenvalue weighted by Gasteiger charge is 2.29. The lowest BCUT2D eigenvalue weighted by atomic mass is 10.2. The van der Waals surface area contributed by atoms with Crippen molar-refractivity contribution in [3.63, 3.8) is 0 Å². The molecule has 0 aromatic heterocycles. The summed E-state index contributed by atoms with van der Waals surface area (Å²) in [6.45, 7) is 9.13. The highest BCUT2D eigenvalue weighted by atomic mass is 16.2. The van der Waals surface area contributed by atoms with Gasteiger partial charge in [-0.15, -0.1) is 0 Å². The van der Waals surface area contributed by atoms with Crippen molar-refractivity contribution in [2.75, 3.05) is 19.6 Å². The Hall–Kier alpha value is -1.10. The molecule has 110 valence electrons. The molecule has 0 aliphatic heterocycles. The van der Waals surface area contributed by atoms with E-state index in [1.54, 1.807) is 0 Å². The number of nitrogens with zero attached hydrogens (tertiary/aromatic N) is 1. The summed E-state index contributed by atoms with van der Waals surface area (Å²) in [7, 11) is 0. The average molecular weight is 269 g/mol. The Balaban J connectivity index is 2.29. The SMILES string of the molecule is CCN(CC(=O)NC(C)C)CC(=O)NC(C)C1CC1. The van der Waals surface area contributed by atoms with Gasteiger partial charge in [-0.25, -0.2) is 0 Å². The van der Waals surface area contributed by atoms with Crippen molar-refractivity contribution in [2.45, 2.75) is 52.6 Å². The topological polar surface area (TPSA) is 61.4 Å². The Morgan fingerprint density at radius 1 is 1.11 bits per heavy atom. The van der Waals surface area contributed by atoms with Gasteiger partial charge in [0.15, 0.2) is 0 Å². The van der Waals surface area contributed by atoms with Crippen LogP contribution >= 0.6 is 0 Å². The smallest absolute Gasteiger partial charge is 0.234 e. The van der Waals surface area contributed by atoms with Crippen molar-refractivity contribution in [3.8, 4) is 0 Å². The molecule has 5 nitrogen and oxygen atoms in total. The molecular formula is C14H27N3O2. The maximum Gasteiger partial charge on any atom is 0.234 e. The van der Waals surface area contributed by atoms with Crippen LogP contribution in [0.3, 0.4) is 0 Å².